The molecule has 30 heavy (non-hydrogen) atoms. The molecule has 154 valence electrons. The summed E-state index contributed by atoms with van der Waals surface area (Å²) < 4.78 is 5.16. The van der Waals surface area contributed by atoms with E-state index >= 15 is 0 Å². The number of hydrogen-bond donors (Lipinski definition) is 0. The molecule has 0 saturated heterocycles. The lowest BCUT2D eigenvalue weighted by atomic mass is 10.1. The van der Waals surface area contributed by atoms with Crippen LogP contribution in [-0.2, 0) is 27.4 Å². The van der Waals surface area contributed by atoms with E-state index in [1.54, 1.807) is 19.2 Å². The summed E-state index contributed by atoms with van der Waals surface area (Å²) in [6.07, 6.45) is 1.69. The molecule has 1 amide bonds. The Kier molecular flexibility index (Phi) is 7.29. The van der Waals surface area contributed by atoms with Gasteiger partial charge in [0.1, 0.15) is 12.2 Å². The quantitative estimate of drug-likeness (QED) is 0.414. The average molecular weight is 404 g/mol. The molecule has 0 atom stereocenters. The maximum Gasteiger partial charge on any atom is 0.342 e. The van der Waals surface area contributed by atoms with Crippen LogP contribution in [0, 0.1) is 6.92 Å². The molecule has 1 aromatic heterocycles. The van der Waals surface area contributed by atoms with Crippen molar-refractivity contribution in [1.82, 2.24) is 4.98 Å². The molecule has 0 spiro atoms. The highest BCUT2D eigenvalue weighted by atomic mass is 16.7. The molecule has 0 N–H and O–H groups in total. The number of hydrogen-bond acceptors (Lipinski definition) is 5. The lowest BCUT2D eigenvalue weighted by Crippen LogP contribution is -2.34. The van der Waals surface area contributed by atoms with Gasteiger partial charge in [-0.05, 0) is 36.6 Å². The van der Waals surface area contributed by atoms with Crippen LogP contribution >= 0.6 is 0 Å². The van der Waals surface area contributed by atoms with Crippen molar-refractivity contribution in [3.05, 3.63) is 95.2 Å². The van der Waals surface area contributed by atoms with Gasteiger partial charge >= 0.3 is 5.97 Å². The number of amides is 1. The Morgan fingerprint density at radius 3 is 2.23 bits per heavy atom. The Morgan fingerprint density at radius 1 is 0.967 bits per heavy atom. The van der Waals surface area contributed by atoms with Gasteiger partial charge in [-0.3, -0.25) is 9.63 Å². The first-order valence-electron chi connectivity index (χ1n) is 9.76. The number of esters is 1. The third-order valence-corrected chi connectivity index (χ3v) is 4.32. The van der Waals surface area contributed by atoms with Crippen LogP contribution in [0.1, 0.15) is 34.0 Å². The van der Waals surface area contributed by atoms with Crippen LogP contribution in [-0.4, -0.2) is 23.5 Å². The molecule has 0 aliphatic rings. The van der Waals surface area contributed by atoms with E-state index < -0.39 is 5.97 Å². The van der Waals surface area contributed by atoms with Crippen molar-refractivity contribution in [3.8, 4) is 0 Å². The van der Waals surface area contributed by atoms with E-state index in [1.165, 1.54) is 0 Å². The Labute approximate surface area is 176 Å². The standard InChI is InChI=1S/C24H24N2O4/c1-3-29-24(28)21-14-18(2)16-25-23(21)26(30-17-20-12-8-5-9-13-20)22(27)15-19-10-6-4-7-11-19/h4-14,16H,3,15,17H2,1-2H3. The first-order valence-corrected chi connectivity index (χ1v) is 9.76. The highest BCUT2D eigenvalue weighted by molar-refractivity contribution is 6.01. The van der Waals surface area contributed by atoms with E-state index in [0.29, 0.717) is 0 Å². The number of carbonyl (C=O) groups excluding carboxylic acids is 2. The second kappa shape index (κ2) is 10.3. The van der Waals surface area contributed by atoms with Crippen LogP contribution < -0.4 is 5.06 Å². The highest BCUT2D eigenvalue weighted by Gasteiger charge is 2.26. The van der Waals surface area contributed by atoms with Gasteiger partial charge in [0.25, 0.3) is 5.91 Å². The minimum Gasteiger partial charge on any atom is -0.462 e. The predicted octanol–water partition coefficient (Wildman–Crippen LogP) is 4.27. The normalized spacial score (nSPS) is 10.5. The Bertz CT molecular complexity index is 991. The Balaban J connectivity index is 1.94. The van der Waals surface area contributed by atoms with Crippen molar-refractivity contribution in [2.24, 2.45) is 0 Å². The van der Waals surface area contributed by atoms with Crippen LogP contribution in [0.15, 0.2) is 72.9 Å². The molecule has 3 aromatic rings. The molecule has 2 aromatic carbocycles. The van der Waals surface area contributed by atoms with Crippen LogP contribution in [0.5, 0.6) is 0 Å². The van der Waals surface area contributed by atoms with Crippen molar-refractivity contribution in [1.29, 1.82) is 0 Å². The molecular weight excluding hydrogens is 380 g/mol. The summed E-state index contributed by atoms with van der Waals surface area (Å²) in [5, 5.41) is 1.10. The summed E-state index contributed by atoms with van der Waals surface area (Å²) in [6, 6.07) is 20.5. The van der Waals surface area contributed by atoms with Crippen LogP contribution in [0.4, 0.5) is 5.82 Å². The van der Waals surface area contributed by atoms with Gasteiger partial charge in [0.05, 0.1) is 13.0 Å². The minimum atomic E-state index is -0.551. The zero-order valence-electron chi connectivity index (χ0n) is 17.1. The molecule has 1 heterocycles. The number of benzene rings is 2. The molecule has 0 aliphatic heterocycles. The Hall–Kier alpha value is -3.51. The Morgan fingerprint density at radius 2 is 1.60 bits per heavy atom. The summed E-state index contributed by atoms with van der Waals surface area (Å²) in [5.41, 5.74) is 2.69. The summed E-state index contributed by atoms with van der Waals surface area (Å²) in [6.45, 7) is 3.92. The molecule has 0 radical (unpaired) electrons. The number of nitrogens with zero attached hydrogens (tertiary/aromatic N) is 2. The van der Waals surface area contributed by atoms with Crippen LogP contribution in [0.3, 0.4) is 0 Å². The number of pyridine rings is 1. The van der Waals surface area contributed by atoms with E-state index in [1.807, 2.05) is 67.6 Å². The minimum absolute atomic E-state index is 0.105. The number of ether oxygens (including phenoxy) is 1. The van der Waals surface area contributed by atoms with E-state index in [9.17, 15) is 9.59 Å². The van der Waals surface area contributed by atoms with Gasteiger partial charge in [-0.2, -0.15) is 5.06 Å². The van der Waals surface area contributed by atoms with Crippen LogP contribution in [0.25, 0.3) is 0 Å². The fourth-order valence-electron chi connectivity index (χ4n) is 2.89. The van der Waals surface area contributed by atoms with Crippen molar-refractivity contribution < 1.29 is 19.2 Å². The SMILES string of the molecule is CCOC(=O)c1cc(C)cnc1N(OCc1ccccc1)C(=O)Cc1ccccc1. The monoisotopic (exact) mass is 404 g/mol. The number of carbonyl (C=O) groups is 2. The van der Waals surface area contributed by atoms with Crippen molar-refractivity contribution >= 4 is 17.7 Å². The number of aryl methyl sites for hydroxylation is 1. The predicted molar refractivity (Wildman–Crippen MR) is 114 cm³/mol. The molecule has 0 fully saturated rings. The largest absolute Gasteiger partial charge is 0.462 e. The van der Waals surface area contributed by atoms with E-state index in [0.717, 1.165) is 21.8 Å². The number of anilines is 1. The van der Waals surface area contributed by atoms with E-state index in [2.05, 4.69) is 4.98 Å². The molecule has 0 aliphatic carbocycles. The van der Waals surface area contributed by atoms with E-state index in [4.69, 9.17) is 9.57 Å². The first kappa shape index (κ1) is 21.2. The van der Waals surface area contributed by atoms with Gasteiger partial charge in [-0.1, -0.05) is 60.7 Å². The second-order valence-corrected chi connectivity index (χ2v) is 6.71. The van der Waals surface area contributed by atoms with E-state index in [-0.39, 0.29) is 36.9 Å². The summed E-state index contributed by atoms with van der Waals surface area (Å²) >= 11 is 0. The number of hydroxylamine groups is 1. The van der Waals surface area contributed by atoms with Gasteiger partial charge < -0.3 is 4.74 Å². The molecule has 0 unspecified atom stereocenters. The maximum absolute atomic E-state index is 13.2. The molecule has 3 rings (SSSR count). The third-order valence-electron chi connectivity index (χ3n) is 4.32. The highest BCUT2D eigenvalue weighted by Crippen LogP contribution is 2.22. The fraction of sp³-hybridized carbons (Fsp3) is 0.208. The molecular formula is C24H24N2O4. The molecule has 0 saturated carbocycles. The fourth-order valence-corrected chi connectivity index (χ4v) is 2.89. The summed E-state index contributed by atoms with van der Waals surface area (Å²) in [4.78, 5) is 35.9. The topological polar surface area (TPSA) is 68.7 Å². The summed E-state index contributed by atoms with van der Waals surface area (Å²) in [5.74, 6) is -0.764. The first-order chi connectivity index (χ1) is 14.6. The number of aromatic nitrogens is 1. The van der Waals surface area contributed by atoms with Gasteiger partial charge in [-0.15, -0.1) is 0 Å². The third kappa shape index (κ3) is 5.52. The van der Waals surface area contributed by atoms with Gasteiger partial charge in [0, 0.05) is 6.20 Å². The van der Waals surface area contributed by atoms with Gasteiger partial charge in [-0.25, -0.2) is 9.78 Å². The molecule has 6 heteroatoms. The molecule has 6 nitrogen and oxygen atoms in total. The zero-order valence-corrected chi connectivity index (χ0v) is 17.1. The maximum atomic E-state index is 13.2. The van der Waals surface area contributed by atoms with Crippen molar-refractivity contribution in [3.63, 3.8) is 0 Å². The molecule has 0 bridgehead atoms. The lowest BCUT2D eigenvalue weighted by molar-refractivity contribution is -0.126. The average Bonchev–Trinajstić information content (AvgIpc) is 2.76. The van der Waals surface area contributed by atoms with Gasteiger partial charge in [0.15, 0.2) is 5.82 Å². The number of rotatable bonds is 8. The van der Waals surface area contributed by atoms with Crippen LogP contribution in [0.2, 0.25) is 0 Å². The lowest BCUT2D eigenvalue weighted by Gasteiger charge is -2.23. The second-order valence-electron chi connectivity index (χ2n) is 6.71. The zero-order chi connectivity index (χ0) is 21.3. The smallest absolute Gasteiger partial charge is 0.342 e. The summed E-state index contributed by atoms with van der Waals surface area (Å²) in [7, 11) is 0. The van der Waals surface area contributed by atoms with Crippen molar-refractivity contribution in [2.45, 2.75) is 26.9 Å². The van der Waals surface area contributed by atoms with Gasteiger partial charge in [0.2, 0.25) is 0 Å². The van der Waals surface area contributed by atoms with Crippen molar-refractivity contribution in [2.75, 3.05) is 11.7 Å².